The Bertz CT molecular complexity index is 399. The Balaban J connectivity index is 1.53. The van der Waals surface area contributed by atoms with Crippen LogP contribution in [-0.4, -0.2) is 31.9 Å². The molecule has 1 aromatic rings. The molecule has 3 atom stereocenters. The summed E-state index contributed by atoms with van der Waals surface area (Å²) in [7, 11) is 0. The average molecular weight is 247 g/mol. The number of hydrogen-bond donors (Lipinski definition) is 1. The van der Waals surface area contributed by atoms with E-state index in [1.807, 2.05) is 12.1 Å². The lowest BCUT2D eigenvalue weighted by molar-refractivity contribution is 0.0200. The lowest BCUT2D eigenvalue weighted by atomic mass is 10.0. The van der Waals surface area contributed by atoms with Gasteiger partial charge in [0.05, 0.1) is 19.3 Å². The van der Waals surface area contributed by atoms with Gasteiger partial charge in [-0.1, -0.05) is 18.2 Å². The molecule has 98 valence electrons. The van der Waals surface area contributed by atoms with Crippen LogP contribution in [0.2, 0.25) is 0 Å². The van der Waals surface area contributed by atoms with Gasteiger partial charge in [0.1, 0.15) is 5.75 Å². The molecule has 0 radical (unpaired) electrons. The molecular formula is C15H21NO2. The van der Waals surface area contributed by atoms with Crippen molar-refractivity contribution in [3.8, 4) is 5.75 Å². The van der Waals surface area contributed by atoms with Crippen molar-refractivity contribution < 1.29 is 9.47 Å². The quantitative estimate of drug-likeness (QED) is 0.889. The fourth-order valence-corrected chi connectivity index (χ4v) is 2.73. The Labute approximate surface area is 108 Å². The molecule has 3 rings (SSSR count). The summed E-state index contributed by atoms with van der Waals surface area (Å²) in [6.07, 6.45) is 2.75. The van der Waals surface area contributed by atoms with E-state index < -0.39 is 0 Å². The van der Waals surface area contributed by atoms with E-state index in [4.69, 9.17) is 9.47 Å². The van der Waals surface area contributed by atoms with Crippen molar-refractivity contribution in [2.24, 2.45) is 0 Å². The van der Waals surface area contributed by atoms with Crippen molar-refractivity contribution >= 4 is 0 Å². The smallest absolute Gasteiger partial charge is 0.123 e. The first kappa shape index (κ1) is 12.0. The zero-order chi connectivity index (χ0) is 12.4. The van der Waals surface area contributed by atoms with Gasteiger partial charge in [-0.15, -0.1) is 0 Å². The van der Waals surface area contributed by atoms with E-state index >= 15 is 0 Å². The molecule has 1 saturated heterocycles. The number of hydrogen-bond acceptors (Lipinski definition) is 3. The second kappa shape index (κ2) is 5.29. The summed E-state index contributed by atoms with van der Waals surface area (Å²) in [6.45, 7) is 4.75. The lowest BCUT2D eigenvalue weighted by Gasteiger charge is -2.28. The number of para-hydroxylation sites is 1. The van der Waals surface area contributed by atoms with E-state index in [0.29, 0.717) is 18.1 Å². The van der Waals surface area contributed by atoms with Gasteiger partial charge in [0.15, 0.2) is 0 Å². The van der Waals surface area contributed by atoms with Gasteiger partial charge in [0.2, 0.25) is 0 Å². The molecule has 0 bridgehead atoms. The molecule has 1 N–H and O–H groups in total. The van der Waals surface area contributed by atoms with Gasteiger partial charge in [-0.2, -0.15) is 0 Å². The number of fused-ring (bicyclic) bond motifs is 1. The predicted octanol–water partition coefficient (Wildman–Crippen LogP) is 2.32. The van der Waals surface area contributed by atoms with E-state index in [2.05, 4.69) is 24.4 Å². The third-order valence-electron chi connectivity index (χ3n) is 3.95. The highest BCUT2D eigenvalue weighted by atomic mass is 16.5. The van der Waals surface area contributed by atoms with Crippen molar-refractivity contribution in [2.45, 2.75) is 37.8 Å². The van der Waals surface area contributed by atoms with E-state index in [1.165, 1.54) is 18.4 Å². The molecular weight excluding hydrogens is 226 g/mol. The largest absolute Gasteiger partial charge is 0.493 e. The highest BCUT2D eigenvalue weighted by molar-refractivity contribution is 5.39. The number of benzene rings is 1. The first-order valence-corrected chi connectivity index (χ1v) is 6.89. The summed E-state index contributed by atoms with van der Waals surface area (Å²) in [5, 5.41) is 3.47. The molecule has 0 spiro atoms. The zero-order valence-corrected chi connectivity index (χ0v) is 10.9. The number of piperidine rings is 1. The highest BCUT2D eigenvalue weighted by Gasteiger charge is 2.26. The van der Waals surface area contributed by atoms with Gasteiger partial charge in [0.25, 0.3) is 0 Å². The topological polar surface area (TPSA) is 30.5 Å². The van der Waals surface area contributed by atoms with Crippen molar-refractivity contribution in [1.29, 1.82) is 0 Å². The van der Waals surface area contributed by atoms with Gasteiger partial charge in [-0.3, -0.25) is 0 Å². The van der Waals surface area contributed by atoms with Crippen LogP contribution in [-0.2, 0) is 4.74 Å². The number of nitrogens with one attached hydrogen (secondary N) is 1. The molecule has 0 aromatic heterocycles. The van der Waals surface area contributed by atoms with Crippen molar-refractivity contribution in [3.63, 3.8) is 0 Å². The SMILES string of the molecule is CC1CCC(OCC2COc3ccccc32)CN1. The van der Waals surface area contributed by atoms with Crippen LogP contribution < -0.4 is 10.1 Å². The van der Waals surface area contributed by atoms with Crippen LogP contribution in [0.25, 0.3) is 0 Å². The minimum absolute atomic E-state index is 0.369. The summed E-state index contributed by atoms with van der Waals surface area (Å²) in [4.78, 5) is 0. The van der Waals surface area contributed by atoms with Crippen molar-refractivity contribution in [3.05, 3.63) is 29.8 Å². The molecule has 0 amide bonds. The van der Waals surface area contributed by atoms with Crippen LogP contribution in [0.15, 0.2) is 24.3 Å². The Morgan fingerprint density at radius 2 is 2.22 bits per heavy atom. The van der Waals surface area contributed by atoms with E-state index in [0.717, 1.165) is 25.5 Å². The average Bonchev–Trinajstić information content (AvgIpc) is 2.82. The summed E-state index contributed by atoms with van der Waals surface area (Å²) in [6, 6.07) is 8.93. The molecule has 2 aliphatic rings. The maximum Gasteiger partial charge on any atom is 0.123 e. The second-order valence-electron chi connectivity index (χ2n) is 5.39. The zero-order valence-electron chi connectivity index (χ0n) is 10.9. The van der Waals surface area contributed by atoms with E-state index in [1.54, 1.807) is 0 Å². The highest BCUT2D eigenvalue weighted by Crippen LogP contribution is 2.33. The summed E-state index contributed by atoms with van der Waals surface area (Å²) < 4.78 is 11.7. The first-order chi connectivity index (χ1) is 8.83. The Morgan fingerprint density at radius 3 is 3.06 bits per heavy atom. The number of rotatable bonds is 3. The van der Waals surface area contributed by atoms with Gasteiger partial charge in [-0.25, -0.2) is 0 Å². The normalized spacial score (nSPS) is 30.8. The summed E-state index contributed by atoms with van der Waals surface area (Å²) >= 11 is 0. The minimum atomic E-state index is 0.369. The summed E-state index contributed by atoms with van der Waals surface area (Å²) in [5.74, 6) is 1.43. The van der Waals surface area contributed by atoms with Crippen molar-refractivity contribution in [2.75, 3.05) is 19.8 Å². The third kappa shape index (κ3) is 2.52. The molecule has 0 saturated carbocycles. The van der Waals surface area contributed by atoms with Crippen LogP contribution >= 0.6 is 0 Å². The Morgan fingerprint density at radius 1 is 1.33 bits per heavy atom. The maximum absolute atomic E-state index is 6.03. The molecule has 3 nitrogen and oxygen atoms in total. The summed E-state index contributed by atoms with van der Waals surface area (Å²) in [5.41, 5.74) is 1.30. The molecule has 0 aliphatic carbocycles. The third-order valence-corrected chi connectivity index (χ3v) is 3.95. The number of ether oxygens (including phenoxy) is 2. The monoisotopic (exact) mass is 247 g/mol. The molecule has 1 fully saturated rings. The first-order valence-electron chi connectivity index (χ1n) is 6.89. The van der Waals surface area contributed by atoms with Gasteiger partial charge >= 0.3 is 0 Å². The Kier molecular flexibility index (Phi) is 3.52. The van der Waals surface area contributed by atoms with Crippen LogP contribution in [0.1, 0.15) is 31.2 Å². The van der Waals surface area contributed by atoms with Crippen LogP contribution in [0.5, 0.6) is 5.75 Å². The van der Waals surface area contributed by atoms with Crippen LogP contribution in [0.4, 0.5) is 0 Å². The van der Waals surface area contributed by atoms with E-state index in [9.17, 15) is 0 Å². The van der Waals surface area contributed by atoms with Gasteiger partial charge < -0.3 is 14.8 Å². The Hall–Kier alpha value is -1.06. The van der Waals surface area contributed by atoms with Crippen LogP contribution in [0, 0.1) is 0 Å². The lowest BCUT2D eigenvalue weighted by Crippen LogP contribution is -2.41. The van der Waals surface area contributed by atoms with Gasteiger partial charge in [0, 0.05) is 24.1 Å². The maximum atomic E-state index is 6.03. The molecule has 2 aliphatic heterocycles. The molecule has 3 heteroatoms. The molecule has 18 heavy (non-hydrogen) atoms. The molecule has 2 heterocycles. The van der Waals surface area contributed by atoms with E-state index in [-0.39, 0.29) is 0 Å². The fourth-order valence-electron chi connectivity index (χ4n) is 2.73. The second-order valence-corrected chi connectivity index (χ2v) is 5.39. The molecule has 1 aromatic carbocycles. The van der Waals surface area contributed by atoms with Crippen molar-refractivity contribution in [1.82, 2.24) is 5.32 Å². The molecule has 3 unspecified atom stereocenters. The predicted molar refractivity (Wildman–Crippen MR) is 71.1 cm³/mol. The van der Waals surface area contributed by atoms with Gasteiger partial charge in [-0.05, 0) is 25.8 Å². The van der Waals surface area contributed by atoms with Crippen LogP contribution in [0.3, 0.4) is 0 Å². The minimum Gasteiger partial charge on any atom is -0.493 e. The fraction of sp³-hybridized carbons (Fsp3) is 0.600. The standard InChI is InChI=1S/C15H21NO2/c1-11-6-7-13(8-16-11)17-9-12-10-18-15-5-3-2-4-14(12)15/h2-5,11-13,16H,6-10H2,1H3.